The molecular formula is C16H20O2S. The van der Waals surface area contributed by atoms with Crippen molar-refractivity contribution in [2.45, 2.75) is 24.7 Å². The van der Waals surface area contributed by atoms with Gasteiger partial charge in [0.25, 0.3) is 0 Å². The molecule has 2 aromatic carbocycles. The average Bonchev–Trinajstić information content (AvgIpc) is 2.45. The molecule has 2 nitrogen and oxygen atoms in total. The second-order valence-electron chi connectivity index (χ2n) is 4.44. The van der Waals surface area contributed by atoms with Gasteiger partial charge >= 0.3 is 0 Å². The van der Waals surface area contributed by atoms with E-state index in [1.807, 2.05) is 24.3 Å². The van der Waals surface area contributed by atoms with E-state index in [0.29, 0.717) is 5.75 Å². The van der Waals surface area contributed by atoms with Crippen LogP contribution in [0.25, 0.3) is 10.8 Å². The lowest BCUT2D eigenvalue weighted by Gasteiger charge is -2.08. The number of aromatic hydroxyl groups is 1. The van der Waals surface area contributed by atoms with Gasteiger partial charge in [0.05, 0.1) is 6.61 Å². The molecule has 0 saturated heterocycles. The molecule has 0 aliphatic heterocycles. The minimum Gasteiger partial charge on any atom is -0.507 e. The van der Waals surface area contributed by atoms with E-state index < -0.39 is 0 Å². The Kier molecular flexibility index (Phi) is 5.55. The number of benzene rings is 2. The average molecular weight is 276 g/mol. The third kappa shape index (κ3) is 3.88. The summed E-state index contributed by atoms with van der Waals surface area (Å²) in [5.74, 6) is 1.29. The van der Waals surface area contributed by atoms with E-state index in [9.17, 15) is 5.11 Å². The summed E-state index contributed by atoms with van der Waals surface area (Å²) in [6.07, 6.45) is 2.31. The van der Waals surface area contributed by atoms with Gasteiger partial charge in [-0.25, -0.2) is 0 Å². The van der Waals surface area contributed by atoms with E-state index >= 15 is 0 Å². The van der Waals surface area contributed by atoms with Crippen LogP contribution >= 0.6 is 11.8 Å². The molecule has 0 aromatic heterocycles. The lowest BCUT2D eigenvalue weighted by molar-refractivity contribution is 0.147. The zero-order valence-electron chi connectivity index (χ0n) is 11.3. The summed E-state index contributed by atoms with van der Waals surface area (Å²) < 4.78 is 5.56. The van der Waals surface area contributed by atoms with Crippen molar-refractivity contribution >= 4 is 22.5 Å². The number of unbranched alkanes of at least 4 members (excludes halogenated alkanes) is 1. The number of hydrogen-bond donors (Lipinski definition) is 1. The predicted molar refractivity (Wildman–Crippen MR) is 82.1 cm³/mol. The van der Waals surface area contributed by atoms with Crippen molar-refractivity contribution < 1.29 is 9.84 Å². The molecule has 0 aliphatic carbocycles. The Morgan fingerprint density at radius 2 is 1.84 bits per heavy atom. The highest BCUT2D eigenvalue weighted by atomic mass is 32.2. The highest BCUT2D eigenvalue weighted by Crippen LogP contribution is 2.33. The van der Waals surface area contributed by atoms with Crippen LogP contribution < -0.4 is 0 Å². The van der Waals surface area contributed by atoms with Crippen LogP contribution in [0.4, 0.5) is 0 Å². The first kappa shape index (κ1) is 14.2. The molecule has 1 N–H and O–H groups in total. The molecule has 19 heavy (non-hydrogen) atoms. The molecule has 0 fully saturated rings. The van der Waals surface area contributed by atoms with Crippen LogP contribution in [0.1, 0.15) is 19.8 Å². The highest BCUT2D eigenvalue weighted by Gasteiger charge is 2.04. The molecule has 2 aromatic rings. The fraction of sp³-hybridized carbons (Fsp3) is 0.375. The summed E-state index contributed by atoms with van der Waals surface area (Å²) in [5.41, 5.74) is 0. The SMILES string of the molecule is CCCCOCCSc1ccc(O)c2ccccc12. The minimum absolute atomic E-state index is 0.346. The Hall–Kier alpha value is -1.19. The summed E-state index contributed by atoms with van der Waals surface area (Å²) in [7, 11) is 0. The monoisotopic (exact) mass is 276 g/mol. The van der Waals surface area contributed by atoms with Crippen LogP contribution in [0.2, 0.25) is 0 Å². The number of ether oxygens (including phenoxy) is 1. The van der Waals surface area contributed by atoms with Gasteiger partial charge in [0.2, 0.25) is 0 Å². The molecule has 2 rings (SSSR count). The Morgan fingerprint density at radius 1 is 1.05 bits per heavy atom. The lowest BCUT2D eigenvalue weighted by Crippen LogP contribution is -1.98. The topological polar surface area (TPSA) is 29.5 Å². The second kappa shape index (κ2) is 7.41. The fourth-order valence-corrected chi connectivity index (χ4v) is 2.86. The first-order valence-corrected chi connectivity index (χ1v) is 7.72. The summed E-state index contributed by atoms with van der Waals surface area (Å²) in [6, 6.07) is 11.7. The van der Waals surface area contributed by atoms with Crippen LogP contribution in [-0.2, 0) is 4.74 Å². The van der Waals surface area contributed by atoms with Crippen LogP contribution in [0, 0.1) is 0 Å². The van der Waals surface area contributed by atoms with Gasteiger partial charge in [-0.15, -0.1) is 11.8 Å². The molecule has 102 valence electrons. The summed E-state index contributed by atoms with van der Waals surface area (Å²) in [4.78, 5) is 1.20. The van der Waals surface area contributed by atoms with Gasteiger partial charge in [0.15, 0.2) is 0 Å². The molecule has 0 radical (unpaired) electrons. The van der Waals surface area contributed by atoms with Crippen molar-refractivity contribution in [3.8, 4) is 5.75 Å². The molecular weight excluding hydrogens is 256 g/mol. The van der Waals surface area contributed by atoms with E-state index in [0.717, 1.165) is 36.2 Å². The molecule has 0 saturated carbocycles. The number of thioether (sulfide) groups is 1. The number of fused-ring (bicyclic) bond motifs is 1. The quantitative estimate of drug-likeness (QED) is 0.598. The van der Waals surface area contributed by atoms with E-state index in [-0.39, 0.29) is 0 Å². The lowest BCUT2D eigenvalue weighted by atomic mass is 10.1. The van der Waals surface area contributed by atoms with Crippen molar-refractivity contribution in [2.75, 3.05) is 19.0 Å². The maximum Gasteiger partial charge on any atom is 0.123 e. The van der Waals surface area contributed by atoms with Gasteiger partial charge in [-0.2, -0.15) is 0 Å². The molecule has 0 amide bonds. The first-order valence-electron chi connectivity index (χ1n) is 6.74. The molecule has 3 heteroatoms. The van der Waals surface area contributed by atoms with Crippen LogP contribution in [-0.4, -0.2) is 24.1 Å². The number of phenolic OH excluding ortho intramolecular Hbond substituents is 1. The normalized spacial score (nSPS) is 11.0. The highest BCUT2D eigenvalue weighted by molar-refractivity contribution is 7.99. The van der Waals surface area contributed by atoms with Gasteiger partial charge in [-0.05, 0) is 23.9 Å². The Balaban J connectivity index is 1.96. The van der Waals surface area contributed by atoms with E-state index in [1.165, 1.54) is 11.3 Å². The van der Waals surface area contributed by atoms with Crippen LogP contribution in [0.5, 0.6) is 5.75 Å². The van der Waals surface area contributed by atoms with Crippen molar-refractivity contribution in [3.05, 3.63) is 36.4 Å². The molecule has 0 bridgehead atoms. The Labute approximate surface area is 118 Å². The summed E-state index contributed by atoms with van der Waals surface area (Å²) >= 11 is 1.78. The molecule has 0 heterocycles. The molecule has 0 unspecified atom stereocenters. The second-order valence-corrected chi connectivity index (χ2v) is 5.58. The fourth-order valence-electron chi connectivity index (χ4n) is 1.94. The standard InChI is InChI=1S/C16H20O2S/c1-2-3-10-18-11-12-19-16-9-8-15(17)13-6-4-5-7-14(13)16/h4-9,17H,2-3,10-12H2,1H3. The van der Waals surface area contributed by atoms with Gasteiger partial charge in [-0.1, -0.05) is 37.6 Å². The third-order valence-electron chi connectivity index (χ3n) is 2.99. The first-order chi connectivity index (χ1) is 9.33. The van der Waals surface area contributed by atoms with Gasteiger partial charge in [0, 0.05) is 22.6 Å². The Bertz CT molecular complexity index is 525. The summed E-state index contributed by atoms with van der Waals surface area (Å²) in [5, 5.41) is 11.9. The van der Waals surface area contributed by atoms with Crippen LogP contribution in [0.3, 0.4) is 0 Å². The molecule has 0 spiro atoms. The number of rotatable bonds is 7. The van der Waals surface area contributed by atoms with E-state index in [4.69, 9.17) is 4.74 Å². The van der Waals surface area contributed by atoms with Crippen molar-refractivity contribution in [2.24, 2.45) is 0 Å². The van der Waals surface area contributed by atoms with Crippen molar-refractivity contribution in [1.82, 2.24) is 0 Å². The van der Waals surface area contributed by atoms with Crippen molar-refractivity contribution in [1.29, 1.82) is 0 Å². The van der Waals surface area contributed by atoms with Gasteiger partial charge in [0.1, 0.15) is 5.75 Å². The van der Waals surface area contributed by atoms with Gasteiger partial charge < -0.3 is 9.84 Å². The van der Waals surface area contributed by atoms with Gasteiger partial charge in [-0.3, -0.25) is 0 Å². The summed E-state index contributed by atoms with van der Waals surface area (Å²) in [6.45, 7) is 3.80. The number of hydrogen-bond acceptors (Lipinski definition) is 3. The van der Waals surface area contributed by atoms with Crippen molar-refractivity contribution in [3.63, 3.8) is 0 Å². The zero-order valence-corrected chi connectivity index (χ0v) is 12.1. The molecule has 0 aliphatic rings. The predicted octanol–water partition coefficient (Wildman–Crippen LogP) is 4.45. The zero-order chi connectivity index (χ0) is 13.5. The van der Waals surface area contributed by atoms with Crippen LogP contribution in [0.15, 0.2) is 41.3 Å². The maximum absolute atomic E-state index is 9.83. The minimum atomic E-state index is 0.346. The molecule has 0 atom stereocenters. The third-order valence-corrected chi connectivity index (χ3v) is 4.03. The maximum atomic E-state index is 9.83. The number of phenols is 1. The Morgan fingerprint density at radius 3 is 2.63 bits per heavy atom. The largest absolute Gasteiger partial charge is 0.507 e. The smallest absolute Gasteiger partial charge is 0.123 e. The van der Waals surface area contributed by atoms with E-state index in [2.05, 4.69) is 13.0 Å². The van der Waals surface area contributed by atoms with E-state index in [1.54, 1.807) is 17.8 Å².